The molecule has 7 heteroatoms. The van der Waals surface area contributed by atoms with Gasteiger partial charge in [0.05, 0.1) is 11.3 Å². The number of amides is 1. The average molecular weight is 274 g/mol. The summed E-state index contributed by atoms with van der Waals surface area (Å²) in [4.78, 5) is 26.3. The van der Waals surface area contributed by atoms with Crippen LogP contribution in [0, 0.1) is 6.92 Å². The largest absolute Gasteiger partial charge is 0.477 e. The number of carboxylic acid groups (broad SMARTS) is 1. The minimum atomic E-state index is -1.12. The predicted molar refractivity (Wildman–Crippen MR) is 70.3 cm³/mol. The van der Waals surface area contributed by atoms with Gasteiger partial charge in [0.25, 0.3) is 5.91 Å². The lowest BCUT2D eigenvalue weighted by atomic mass is 10.2. The van der Waals surface area contributed by atoms with E-state index in [-0.39, 0.29) is 11.6 Å². The fourth-order valence-corrected chi connectivity index (χ4v) is 1.75. The molecule has 0 saturated carbocycles. The van der Waals surface area contributed by atoms with Crippen molar-refractivity contribution in [3.63, 3.8) is 0 Å². The van der Waals surface area contributed by atoms with Crippen LogP contribution in [0.1, 0.15) is 32.1 Å². The zero-order chi connectivity index (χ0) is 14.7. The Morgan fingerprint density at radius 3 is 2.65 bits per heavy atom. The Morgan fingerprint density at radius 1 is 1.40 bits per heavy atom. The van der Waals surface area contributed by atoms with Crippen molar-refractivity contribution in [3.05, 3.63) is 47.0 Å². The van der Waals surface area contributed by atoms with E-state index in [1.807, 2.05) is 20.2 Å². The van der Waals surface area contributed by atoms with Crippen molar-refractivity contribution >= 4 is 11.9 Å². The van der Waals surface area contributed by atoms with Gasteiger partial charge in [-0.3, -0.25) is 9.48 Å². The van der Waals surface area contributed by atoms with Crippen LogP contribution in [0.4, 0.5) is 0 Å². The Morgan fingerprint density at radius 2 is 2.15 bits per heavy atom. The molecule has 2 heterocycles. The van der Waals surface area contributed by atoms with E-state index in [0.717, 1.165) is 11.3 Å². The predicted octanol–water partition coefficient (Wildman–Crippen LogP) is 0.752. The van der Waals surface area contributed by atoms with Crippen LogP contribution in [-0.4, -0.2) is 31.7 Å². The van der Waals surface area contributed by atoms with Crippen LogP contribution in [0.2, 0.25) is 0 Å². The van der Waals surface area contributed by atoms with E-state index in [9.17, 15) is 9.59 Å². The third kappa shape index (κ3) is 3.00. The van der Waals surface area contributed by atoms with Gasteiger partial charge >= 0.3 is 5.97 Å². The van der Waals surface area contributed by atoms with Gasteiger partial charge < -0.3 is 10.4 Å². The first-order valence-corrected chi connectivity index (χ1v) is 5.94. The highest BCUT2D eigenvalue weighted by Crippen LogP contribution is 2.05. The molecular weight excluding hydrogens is 260 g/mol. The Kier molecular flexibility index (Phi) is 3.79. The van der Waals surface area contributed by atoms with Crippen LogP contribution in [0.25, 0.3) is 0 Å². The number of hydrogen-bond acceptors (Lipinski definition) is 4. The molecule has 0 unspecified atom stereocenters. The maximum Gasteiger partial charge on any atom is 0.354 e. The lowest BCUT2D eigenvalue weighted by Crippen LogP contribution is -2.23. The van der Waals surface area contributed by atoms with E-state index < -0.39 is 5.97 Å². The zero-order valence-corrected chi connectivity index (χ0v) is 11.1. The van der Waals surface area contributed by atoms with Crippen molar-refractivity contribution in [3.8, 4) is 0 Å². The molecule has 0 aliphatic heterocycles. The van der Waals surface area contributed by atoms with Crippen molar-refractivity contribution in [2.45, 2.75) is 13.5 Å². The van der Waals surface area contributed by atoms with Gasteiger partial charge in [-0.1, -0.05) is 0 Å². The van der Waals surface area contributed by atoms with E-state index in [0.29, 0.717) is 12.1 Å². The lowest BCUT2D eigenvalue weighted by molar-refractivity contribution is 0.0689. The smallest absolute Gasteiger partial charge is 0.354 e. The summed E-state index contributed by atoms with van der Waals surface area (Å²) in [6, 6.07) is 2.73. The number of aryl methyl sites for hydroxylation is 2. The monoisotopic (exact) mass is 274 g/mol. The molecule has 0 aliphatic rings. The molecule has 20 heavy (non-hydrogen) atoms. The number of aromatic carboxylic acids is 1. The molecule has 0 aliphatic carbocycles. The Hall–Kier alpha value is -2.70. The van der Waals surface area contributed by atoms with Crippen LogP contribution in [0.5, 0.6) is 0 Å². The number of hydrogen-bond donors (Lipinski definition) is 2. The molecule has 0 spiro atoms. The molecule has 2 rings (SSSR count). The van der Waals surface area contributed by atoms with Crippen LogP contribution in [0.3, 0.4) is 0 Å². The van der Waals surface area contributed by atoms with E-state index in [2.05, 4.69) is 15.4 Å². The summed E-state index contributed by atoms with van der Waals surface area (Å²) in [7, 11) is 1.81. The van der Waals surface area contributed by atoms with Crippen LogP contribution < -0.4 is 5.32 Å². The number of carbonyl (C=O) groups excluding carboxylic acids is 1. The molecule has 2 aromatic heterocycles. The SMILES string of the molecule is Cc1nn(C)cc1CNC(=O)c1ccc(C(=O)O)nc1. The van der Waals surface area contributed by atoms with Crippen molar-refractivity contribution in [1.29, 1.82) is 0 Å². The molecule has 1 amide bonds. The van der Waals surface area contributed by atoms with Crippen molar-refractivity contribution in [2.75, 3.05) is 0 Å². The third-order valence-corrected chi connectivity index (χ3v) is 2.80. The normalized spacial score (nSPS) is 10.3. The highest BCUT2D eigenvalue weighted by atomic mass is 16.4. The molecule has 2 aromatic rings. The molecule has 104 valence electrons. The van der Waals surface area contributed by atoms with E-state index in [4.69, 9.17) is 5.11 Å². The van der Waals surface area contributed by atoms with Crippen LogP contribution in [-0.2, 0) is 13.6 Å². The summed E-state index contributed by atoms with van der Waals surface area (Å²) >= 11 is 0. The Bertz CT molecular complexity index is 646. The molecule has 7 nitrogen and oxygen atoms in total. The van der Waals surface area contributed by atoms with Gasteiger partial charge in [-0.05, 0) is 19.1 Å². The van der Waals surface area contributed by atoms with Gasteiger partial charge in [0.15, 0.2) is 0 Å². The fraction of sp³-hybridized carbons (Fsp3) is 0.231. The molecule has 0 aromatic carbocycles. The summed E-state index contributed by atoms with van der Waals surface area (Å²) in [5, 5.41) is 15.6. The van der Waals surface area contributed by atoms with Gasteiger partial charge in [-0.15, -0.1) is 0 Å². The highest BCUT2D eigenvalue weighted by Gasteiger charge is 2.10. The van der Waals surface area contributed by atoms with Gasteiger partial charge in [0.1, 0.15) is 5.69 Å². The summed E-state index contributed by atoms with van der Waals surface area (Å²) in [5.41, 5.74) is 2.00. The summed E-state index contributed by atoms with van der Waals surface area (Å²) in [6.07, 6.45) is 3.08. The quantitative estimate of drug-likeness (QED) is 0.857. The number of nitrogens with one attached hydrogen (secondary N) is 1. The molecular formula is C13H14N4O3. The number of carboxylic acids is 1. The van der Waals surface area contributed by atoms with Crippen LogP contribution in [0.15, 0.2) is 24.5 Å². The van der Waals surface area contributed by atoms with Gasteiger partial charge in [-0.25, -0.2) is 9.78 Å². The third-order valence-electron chi connectivity index (χ3n) is 2.80. The zero-order valence-electron chi connectivity index (χ0n) is 11.1. The fourth-order valence-electron chi connectivity index (χ4n) is 1.75. The van der Waals surface area contributed by atoms with E-state index >= 15 is 0 Å². The molecule has 0 atom stereocenters. The Labute approximate surface area is 115 Å². The lowest BCUT2D eigenvalue weighted by Gasteiger charge is -2.04. The summed E-state index contributed by atoms with van der Waals surface area (Å²) in [6.45, 7) is 2.23. The van der Waals surface area contributed by atoms with E-state index in [1.165, 1.54) is 18.3 Å². The number of carbonyl (C=O) groups is 2. The first-order chi connectivity index (χ1) is 9.47. The van der Waals surface area contributed by atoms with Crippen molar-refractivity contribution < 1.29 is 14.7 Å². The molecule has 0 fully saturated rings. The topological polar surface area (TPSA) is 97.1 Å². The number of nitrogens with zero attached hydrogens (tertiary/aromatic N) is 3. The highest BCUT2D eigenvalue weighted by molar-refractivity contribution is 5.94. The van der Waals surface area contributed by atoms with Gasteiger partial charge in [0.2, 0.25) is 0 Å². The van der Waals surface area contributed by atoms with Crippen molar-refractivity contribution in [1.82, 2.24) is 20.1 Å². The molecule has 0 saturated heterocycles. The second kappa shape index (κ2) is 5.52. The number of rotatable bonds is 4. The minimum Gasteiger partial charge on any atom is -0.477 e. The van der Waals surface area contributed by atoms with E-state index in [1.54, 1.807) is 4.68 Å². The summed E-state index contributed by atoms with van der Waals surface area (Å²) in [5.74, 6) is -1.43. The molecule has 2 N–H and O–H groups in total. The standard InChI is InChI=1S/C13H14N4O3/c1-8-10(7-17(2)16-8)6-15-12(18)9-3-4-11(13(19)20)14-5-9/h3-5,7H,6H2,1-2H3,(H,15,18)(H,19,20). The van der Waals surface area contributed by atoms with Gasteiger partial charge in [0, 0.05) is 31.5 Å². The second-order valence-electron chi connectivity index (χ2n) is 4.33. The Balaban J connectivity index is 2.01. The minimum absolute atomic E-state index is 0.0929. The first kappa shape index (κ1) is 13.7. The van der Waals surface area contributed by atoms with Crippen LogP contribution >= 0.6 is 0 Å². The number of aromatic nitrogens is 3. The number of pyridine rings is 1. The molecule has 0 bridgehead atoms. The van der Waals surface area contributed by atoms with Gasteiger partial charge in [-0.2, -0.15) is 5.10 Å². The first-order valence-electron chi connectivity index (χ1n) is 5.94. The summed E-state index contributed by atoms with van der Waals surface area (Å²) < 4.78 is 1.68. The second-order valence-corrected chi connectivity index (χ2v) is 4.33. The maximum atomic E-state index is 11.9. The average Bonchev–Trinajstić information content (AvgIpc) is 2.74. The molecule has 0 radical (unpaired) electrons. The maximum absolute atomic E-state index is 11.9. The van der Waals surface area contributed by atoms with Crippen molar-refractivity contribution in [2.24, 2.45) is 7.05 Å².